The van der Waals surface area contributed by atoms with Gasteiger partial charge in [0.25, 0.3) is 0 Å². The fourth-order valence-electron chi connectivity index (χ4n) is 1.66. The third-order valence-electron chi connectivity index (χ3n) is 2.60. The predicted octanol–water partition coefficient (Wildman–Crippen LogP) is 2.73. The summed E-state index contributed by atoms with van der Waals surface area (Å²) in [6, 6.07) is 5.77. The minimum Gasteiger partial charge on any atom is -0.382 e. The second-order valence-electron chi connectivity index (χ2n) is 3.77. The maximum absolute atomic E-state index is 10.4. The lowest BCUT2D eigenvalue weighted by atomic mass is 10.0. The minimum atomic E-state index is -0.765. The van der Waals surface area contributed by atoms with Gasteiger partial charge in [-0.1, -0.05) is 39.3 Å². The zero-order chi connectivity index (χ0) is 12.6. The summed E-state index contributed by atoms with van der Waals surface area (Å²) < 4.78 is 3.02. The molecule has 1 aromatic heterocycles. The number of aryl methyl sites for hydroxylation is 2. The maximum atomic E-state index is 10.4. The van der Waals surface area contributed by atoms with Crippen molar-refractivity contribution in [1.29, 1.82) is 0 Å². The molecule has 0 aliphatic heterocycles. The highest BCUT2D eigenvalue weighted by Crippen LogP contribution is 2.32. The van der Waals surface area contributed by atoms with E-state index in [1.807, 2.05) is 25.1 Å². The second kappa shape index (κ2) is 4.88. The van der Waals surface area contributed by atoms with E-state index in [0.717, 1.165) is 15.6 Å². The Labute approximate surface area is 116 Å². The summed E-state index contributed by atoms with van der Waals surface area (Å²) in [7, 11) is 1.75. The van der Waals surface area contributed by atoms with Crippen molar-refractivity contribution < 1.29 is 5.11 Å². The van der Waals surface area contributed by atoms with Crippen molar-refractivity contribution in [2.75, 3.05) is 0 Å². The molecule has 2 aromatic rings. The summed E-state index contributed by atoms with van der Waals surface area (Å²) in [5.41, 5.74) is 2.51. The van der Waals surface area contributed by atoms with Crippen molar-refractivity contribution in [2.24, 2.45) is 7.05 Å². The molecule has 0 bridgehead atoms. The van der Waals surface area contributed by atoms with Gasteiger partial charge in [0.05, 0.1) is 0 Å². The number of rotatable bonds is 2. The van der Waals surface area contributed by atoms with Crippen LogP contribution in [0, 0.1) is 6.92 Å². The number of halogens is 2. The molecule has 1 heterocycles. The molecule has 4 nitrogen and oxygen atoms in total. The molecule has 2 rings (SSSR count). The van der Waals surface area contributed by atoms with Crippen LogP contribution >= 0.6 is 31.9 Å². The lowest BCUT2D eigenvalue weighted by molar-refractivity contribution is 0.208. The quantitative estimate of drug-likeness (QED) is 0.895. The van der Waals surface area contributed by atoms with Crippen molar-refractivity contribution in [3.8, 4) is 0 Å². The number of hydrogen-bond donors (Lipinski definition) is 1. The van der Waals surface area contributed by atoms with Crippen molar-refractivity contribution >= 4 is 31.9 Å². The molecule has 0 aliphatic carbocycles. The highest BCUT2D eigenvalue weighted by molar-refractivity contribution is 9.10. The van der Waals surface area contributed by atoms with E-state index in [0.29, 0.717) is 10.3 Å². The summed E-state index contributed by atoms with van der Waals surface area (Å²) in [5.74, 6) is 0. The first-order valence-electron chi connectivity index (χ1n) is 5.00. The Hall–Kier alpha value is -0.720. The van der Waals surface area contributed by atoms with Crippen molar-refractivity contribution in [1.82, 2.24) is 15.0 Å². The highest BCUT2D eigenvalue weighted by atomic mass is 79.9. The smallest absolute Gasteiger partial charge is 0.154 e. The minimum absolute atomic E-state index is 0.556. The first-order chi connectivity index (χ1) is 8.02. The van der Waals surface area contributed by atoms with E-state index in [1.54, 1.807) is 11.7 Å². The Bertz CT molecular complexity index is 534. The lowest BCUT2D eigenvalue weighted by Gasteiger charge is -2.14. The van der Waals surface area contributed by atoms with E-state index in [1.165, 1.54) is 0 Å². The fraction of sp³-hybridized carbons (Fsp3) is 0.273. The Balaban J connectivity index is 2.51. The van der Waals surface area contributed by atoms with Crippen LogP contribution in [0.2, 0.25) is 0 Å². The molecule has 0 spiro atoms. The van der Waals surface area contributed by atoms with Gasteiger partial charge in [0, 0.05) is 17.1 Å². The molecule has 0 amide bonds. The van der Waals surface area contributed by atoms with Gasteiger partial charge in [-0.3, -0.25) is 0 Å². The predicted molar refractivity (Wildman–Crippen MR) is 71.6 cm³/mol. The van der Waals surface area contributed by atoms with E-state index in [-0.39, 0.29) is 0 Å². The molecular weight excluding hydrogens is 350 g/mol. The topological polar surface area (TPSA) is 50.9 Å². The van der Waals surface area contributed by atoms with Gasteiger partial charge in [0.15, 0.2) is 4.60 Å². The maximum Gasteiger partial charge on any atom is 0.154 e. The molecule has 0 radical (unpaired) electrons. The molecule has 1 N–H and O–H groups in total. The van der Waals surface area contributed by atoms with Crippen LogP contribution in [-0.2, 0) is 7.05 Å². The van der Waals surface area contributed by atoms with Crippen LogP contribution in [0.3, 0.4) is 0 Å². The average molecular weight is 361 g/mol. The van der Waals surface area contributed by atoms with E-state index in [2.05, 4.69) is 42.2 Å². The number of hydrogen-bond acceptors (Lipinski definition) is 3. The van der Waals surface area contributed by atoms with Crippen molar-refractivity contribution in [3.63, 3.8) is 0 Å². The summed E-state index contributed by atoms with van der Waals surface area (Å²) in [4.78, 5) is 0. The van der Waals surface area contributed by atoms with E-state index < -0.39 is 6.10 Å². The van der Waals surface area contributed by atoms with Gasteiger partial charge in [0.2, 0.25) is 0 Å². The molecule has 1 unspecified atom stereocenters. The van der Waals surface area contributed by atoms with E-state index >= 15 is 0 Å². The Morgan fingerprint density at radius 1 is 1.35 bits per heavy atom. The Morgan fingerprint density at radius 2 is 2.06 bits per heavy atom. The van der Waals surface area contributed by atoms with Gasteiger partial charge in [-0.15, -0.1) is 5.10 Å². The molecular formula is C11H11Br2N3O. The number of aliphatic hydroxyl groups is 1. The molecule has 0 aliphatic rings. The lowest BCUT2D eigenvalue weighted by Crippen LogP contribution is -2.08. The van der Waals surface area contributed by atoms with Gasteiger partial charge in [-0.25, -0.2) is 4.68 Å². The van der Waals surface area contributed by atoms with Crippen molar-refractivity contribution in [3.05, 3.63) is 44.1 Å². The highest BCUT2D eigenvalue weighted by Gasteiger charge is 2.21. The van der Waals surface area contributed by atoms with Crippen LogP contribution in [0.4, 0.5) is 0 Å². The van der Waals surface area contributed by atoms with Crippen LogP contribution in [-0.4, -0.2) is 20.1 Å². The molecule has 90 valence electrons. The molecule has 0 saturated carbocycles. The standard InChI is InChI=1S/C11H11Br2N3O/c1-6-4-3-5-7(8(6)12)10(17)9-11(13)14-15-16(9)2/h3-5,10,17H,1-2H3. The van der Waals surface area contributed by atoms with Crippen LogP contribution in [0.5, 0.6) is 0 Å². The molecule has 0 fully saturated rings. The monoisotopic (exact) mass is 359 g/mol. The van der Waals surface area contributed by atoms with Gasteiger partial charge in [0.1, 0.15) is 11.8 Å². The average Bonchev–Trinajstić information content (AvgIpc) is 2.62. The van der Waals surface area contributed by atoms with Gasteiger partial charge >= 0.3 is 0 Å². The molecule has 0 saturated heterocycles. The van der Waals surface area contributed by atoms with Gasteiger partial charge < -0.3 is 5.11 Å². The number of aliphatic hydroxyl groups excluding tert-OH is 1. The second-order valence-corrected chi connectivity index (χ2v) is 5.31. The van der Waals surface area contributed by atoms with Crippen LogP contribution in [0.25, 0.3) is 0 Å². The van der Waals surface area contributed by atoms with Crippen LogP contribution < -0.4 is 0 Å². The zero-order valence-electron chi connectivity index (χ0n) is 9.35. The molecule has 6 heteroatoms. The number of nitrogens with zero attached hydrogens (tertiary/aromatic N) is 3. The summed E-state index contributed by atoms with van der Waals surface area (Å²) in [6.07, 6.45) is -0.765. The molecule has 17 heavy (non-hydrogen) atoms. The number of benzene rings is 1. The fourth-order valence-corrected chi connectivity index (χ4v) is 2.68. The largest absolute Gasteiger partial charge is 0.382 e. The number of aromatic nitrogens is 3. The molecule has 1 aromatic carbocycles. The summed E-state index contributed by atoms with van der Waals surface area (Å²) in [6.45, 7) is 1.98. The third-order valence-corrected chi connectivity index (χ3v) is 4.25. The first kappa shape index (κ1) is 12.7. The summed E-state index contributed by atoms with van der Waals surface area (Å²) in [5, 5.41) is 18.1. The van der Waals surface area contributed by atoms with Crippen molar-refractivity contribution in [2.45, 2.75) is 13.0 Å². The van der Waals surface area contributed by atoms with E-state index in [9.17, 15) is 5.11 Å². The van der Waals surface area contributed by atoms with Gasteiger partial charge in [-0.05, 0) is 28.4 Å². The Morgan fingerprint density at radius 3 is 2.65 bits per heavy atom. The zero-order valence-corrected chi connectivity index (χ0v) is 12.5. The van der Waals surface area contributed by atoms with E-state index in [4.69, 9.17) is 0 Å². The Kier molecular flexibility index (Phi) is 3.65. The molecule has 1 atom stereocenters. The normalized spacial score (nSPS) is 12.8. The van der Waals surface area contributed by atoms with Crippen LogP contribution in [0.15, 0.2) is 27.3 Å². The first-order valence-corrected chi connectivity index (χ1v) is 6.59. The van der Waals surface area contributed by atoms with Crippen LogP contribution in [0.1, 0.15) is 22.9 Å². The summed E-state index contributed by atoms with van der Waals surface area (Å²) >= 11 is 6.78. The SMILES string of the molecule is Cc1cccc(C(O)c2c(Br)nnn2C)c1Br. The third kappa shape index (κ3) is 2.29. The van der Waals surface area contributed by atoms with Gasteiger partial charge in [-0.2, -0.15) is 0 Å².